The lowest BCUT2D eigenvalue weighted by atomic mass is 10.3. The minimum atomic E-state index is -0.449. The molecule has 0 radical (unpaired) electrons. The number of hydrogen-bond donors (Lipinski definition) is 2. The van der Waals surface area contributed by atoms with Crippen LogP contribution >= 0.6 is 0 Å². The number of nitrogens with two attached hydrogens (primary N) is 1. The highest BCUT2D eigenvalue weighted by atomic mass is 16.2. The summed E-state index contributed by atoms with van der Waals surface area (Å²) in [6.45, 7) is 5.38. The van der Waals surface area contributed by atoms with Crippen LogP contribution in [-0.2, 0) is 9.59 Å². The van der Waals surface area contributed by atoms with Crippen LogP contribution < -0.4 is 11.2 Å². The molecule has 0 aromatic rings. The number of amides is 2. The fourth-order valence-corrected chi connectivity index (χ4v) is 0.851. The third-order valence-electron chi connectivity index (χ3n) is 1.64. The molecule has 5 heteroatoms. The number of hydrogen-bond acceptors (Lipinski definition) is 3. The molecule has 0 bridgehead atoms. The zero-order chi connectivity index (χ0) is 10.3. The molecule has 76 valence electrons. The molecule has 0 aliphatic carbocycles. The molecule has 2 amide bonds. The van der Waals surface area contributed by atoms with Crippen LogP contribution in [0.5, 0.6) is 0 Å². The van der Waals surface area contributed by atoms with Gasteiger partial charge in [-0.3, -0.25) is 15.0 Å². The number of carbonyl (C=O) groups is 2. The van der Waals surface area contributed by atoms with Crippen molar-refractivity contribution < 1.29 is 9.59 Å². The van der Waals surface area contributed by atoms with Crippen molar-refractivity contribution in [2.24, 2.45) is 5.73 Å². The summed E-state index contributed by atoms with van der Waals surface area (Å²) in [6.07, 6.45) is 0.263. The summed E-state index contributed by atoms with van der Waals surface area (Å²) in [5.74, 6) is -0.614. The maximum Gasteiger partial charge on any atom is 0.234 e. The third-order valence-corrected chi connectivity index (χ3v) is 1.64. The zero-order valence-corrected chi connectivity index (χ0v) is 8.17. The molecule has 0 aromatic carbocycles. The molecule has 0 aliphatic rings. The molecular weight excluding hydrogens is 170 g/mol. The van der Waals surface area contributed by atoms with Gasteiger partial charge in [0, 0.05) is 25.9 Å². The van der Waals surface area contributed by atoms with Crippen LogP contribution in [0.1, 0.15) is 26.7 Å². The maximum atomic E-state index is 11.1. The van der Waals surface area contributed by atoms with E-state index in [-0.39, 0.29) is 18.7 Å². The van der Waals surface area contributed by atoms with Gasteiger partial charge >= 0.3 is 0 Å². The molecular formula is C8H17N3O2. The Kier molecular flexibility index (Phi) is 5.88. The number of carbonyl (C=O) groups excluding carboxylic acids is 2. The van der Waals surface area contributed by atoms with E-state index in [9.17, 15) is 9.59 Å². The molecule has 0 fully saturated rings. The summed E-state index contributed by atoms with van der Waals surface area (Å²) < 4.78 is 0. The van der Waals surface area contributed by atoms with E-state index >= 15 is 0 Å². The SMILES string of the molecule is CCN(CC)NC(=O)CCC(N)=O. The van der Waals surface area contributed by atoms with Crippen molar-refractivity contribution in [3.05, 3.63) is 0 Å². The van der Waals surface area contributed by atoms with E-state index in [1.54, 1.807) is 5.01 Å². The largest absolute Gasteiger partial charge is 0.370 e. The first kappa shape index (κ1) is 11.9. The first-order valence-electron chi connectivity index (χ1n) is 4.42. The van der Waals surface area contributed by atoms with Gasteiger partial charge in [-0.05, 0) is 0 Å². The summed E-state index contributed by atoms with van der Waals surface area (Å²) in [5.41, 5.74) is 7.56. The summed E-state index contributed by atoms with van der Waals surface area (Å²) in [6, 6.07) is 0. The Labute approximate surface area is 78.2 Å². The molecule has 0 aromatic heterocycles. The smallest absolute Gasteiger partial charge is 0.234 e. The van der Waals surface area contributed by atoms with Crippen molar-refractivity contribution in [2.75, 3.05) is 13.1 Å². The zero-order valence-electron chi connectivity index (χ0n) is 8.17. The van der Waals surface area contributed by atoms with E-state index in [4.69, 9.17) is 5.73 Å². The standard InChI is InChI=1S/C8H17N3O2/c1-3-11(4-2)10-8(13)6-5-7(9)12/h3-6H2,1-2H3,(H2,9,12)(H,10,13). The number of rotatable bonds is 6. The van der Waals surface area contributed by atoms with Gasteiger partial charge in [0.25, 0.3) is 0 Å². The van der Waals surface area contributed by atoms with Crippen molar-refractivity contribution in [1.82, 2.24) is 10.4 Å². The van der Waals surface area contributed by atoms with E-state index in [1.807, 2.05) is 13.8 Å². The normalized spacial score (nSPS) is 10.1. The van der Waals surface area contributed by atoms with Crippen LogP contribution in [0.15, 0.2) is 0 Å². The van der Waals surface area contributed by atoms with Crippen LogP contribution in [-0.4, -0.2) is 29.9 Å². The Hall–Kier alpha value is -1.10. The van der Waals surface area contributed by atoms with Crippen molar-refractivity contribution in [1.29, 1.82) is 0 Å². The highest BCUT2D eigenvalue weighted by Crippen LogP contribution is 1.89. The molecule has 0 saturated carbocycles. The van der Waals surface area contributed by atoms with Gasteiger partial charge in [-0.2, -0.15) is 0 Å². The minimum Gasteiger partial charge on any atom is -0.370 e. The Morgan fingerprint density at radius 3 is 2.15 bits per heavy atom. The second-order valence-electron chi connectivity index (χ2n) is 2.67. The summed E-state index contributed by atoms with van der Waals surface area (Å²) in [7, 11) is 0. The van der Waals surface area contributed by atoms with E-state index in [2.05, 4.69) is 5.43 Å². The van der Waals surface area contributed by atoms with Gasteiger partial charge in [-0.15, -0.1) is 0 Å². The van der Waals surface area contributed by atoms with Gasteiger partial charge < -0.3 is 5.73 Å². The fourth-order valence-electron chi connectivity index (χ4n) is 0.851. The molecule has 5 nitrogen and oxygen atoms in total. The lowest BCUT2D eigenvalue weighted by Crippen LogP contribution is -2.42. The van der Waals surface area contributed by atoms with Gasteiger partial charge in [-0.25, -0.2) is 5.01 Å². The molecule has 3 N–H and O–H groups in total. The molecule has 0 spiro atoms. The van der Waals surface area contributed by atoms with Gasteiger partial charge in [0.1, 0.15) is 0 Å². The molecule has 0 unspecified atom stereocenters. The predicted octanol–water partition coefficient (Wildman–Crippen LogP) is -0.375. The van der Waals surface area contributed by atoms with Gasteiger partial charge in [0.15, 0.2) is 0 Å². The second kappa shape index (κ2) is 6.42. The van der Waals surface area contributed by atoms with Crippen LogP contribution in [0, 0.1) is 0 Å². The van der Waals surface area contributed by atoms with E-state index in [0.29, 0.717) is 0 Å². The lowest BCUT2D eigenvalue weighted by Gasteiger charge is -2.18. The van der Waals surface area contributed by atoms with E-state index in [0.717, 1.165) is 13.1 Å². The lowest BCUT2D eigenvalue weighted by molar-refractivity contribution is -0.128. The highest BCUT2D eigenvalue weighted by molar-refractivity contribution is 5.82. The Bertz CT molecular complexity index is 178. The number of hydrazine groups is 1. The summed E-state index contributed by atoms with van der Waals surface area (Å²) >= 11 is 0. The highest BCUT2D eigenvalue weighted by Gasteiger charge is 2.06. The minimum absolute atomic E-state index is 0.104. The topological polar surface area (TPSA) is 75.4 Å². The Morgan fingerprint density at radius 1 is 1.23 bits per heavy atom. The average molecular weight is 187 g/mol. The molecule has 0 rings (SSSR count). The molecule has 13 heavy (non-hydrogen) atoms. The van der Waals surface area contributed by atoms with Crippen LogP contribution in [0.2, 0.25) is 0 Å². The summed E-state index contributed by atoms with van der Waals surface area (Å²) in [5, 5.41) is 1.77. The van der Waals surface area contributed by atoms with Crippen molar-refractivity contribution >= 4 is 11.8 Å². The molecule has 0 atom stereocenters. The Balaban J connectivity index is 3.66. The van der Waals surface area contributed by atoms with Crippen LogP contribution in [0.25, 0.3) is 0 Å². The molecule has 0 heterocycles. The second-order valence-corrected chi connectivity index (χ2v) is 2.67. The van der Waals surface area contributed by atoms with Gasteiger partial charge in [0.05, 0.1) is 0 Å². The average Bonchev–Trinajstić information content (AvgIpc) is 2.10. The van der Waals surface area contributed by atoms with Crippen molar-refractivity contribution in [3.8, 4) is 0 Å². The first-order chi connectivity index (χ1) is 6.10. The van der Waals surface area contributed by atoms with Gasteiger partial charge in [-0.1, -0.05) is 13.8 Å². The monoisotopic (exact) mass is 187 g/mol. The summed E-state index contributed by atoms with van der Waals surface area (Å²) in [4.78, 5) is 21.5. The fraction of sp³-hybridized carbons (Fsp3) is 0.750. The number of nitrogens with zero attached hydrogens (tertiary/aromatic N) is 1. The molecule has 0 aliphatic heterocycles. The number of nitrogens with one attached hydrogen (secondary N) is 1. The maximum absolute atomic E-state index is 11.1. The third kappa shape index (κ3) is 6.10. The van der Waals surface area contributed by atoms with Crippen LogP contribution in [0.4, 0.5) is 0 Å². The van der Waals surface area contributed by atoms with Gasteiger partial charge in [0.2, 0.25) is 11.8 Å². The first-order valence-corrected chi connectivity index (χ1v) is 4.42. The Morgan fingerprint density at radius 2 is 1.77 bits per heavy atom. The quantitative estimate of drug-likeness (QED) is 0.557. The molecule has 0 saturated heterocycles. The van der Waals surface area contributed by atoms with Crippen molar-refractivity contribution in [3.63, 3.8) is 0 Å². The van der Waals surface area contributed by atoms with Crippen molar-refractivity contribution in [2.45, 2.75) is 26.7 Å². The predicted molar refractivity (Wildman–Crippen MR) is 49.5 cm³/mol. The van der Waals surface area contributed by atoms with Crippen LogP contribution in [0.3, 0.4) is 0 Å². The van der Waals surface area contributed by atoms with E-state index < -0.39 is 5.91 Å². The van der Waals surface area contributed by atoms with E-state index in [1.165, 1.54) is 0 Å². The number of primary amides is 1.